The summed E-state index contributed by atoms with van der Waals surface area (Å²) in [7, 11) is 1.49. The summed E-state index contributed by atoms with van der Waals surface area (Å²) in [5.41, 5.74) is 1.49. The summed E-state index contributed by atoms with van der Waals surface area (Å²) < 4.78 is 5.17. The van der Waals surface area contributed by atoms with E-state index >= 15 is 0 Å². The number of ether oxygens (including phenoxy) is 1. The van der Waals surface area contributed by atoms with Crippen LogP contribution >= 0.6 is 12.2 Å². The fraction of sp³-hybridized carbons (Fsp3) is 0.133. The monoisotopic (exact) mass is 317 g/mol. The molecule has 2 aromatic carbocycles. The standard InChI is InChI=1S/C15H15N3O3S/c1-21-14-8-7-12(18(19)20)9-13(14)17-15(22)16-10-11-5-3-2-4-6-11/h2-9H,10H2,1H3,(H2,16,17,22). The van der Waals surface area contributed by atoms with E-state index in [9.17, 15) is 10.1 Å². The summed E-state index contributed by atoms with van der Waals surface area (Å²) in [6.07, 6.45) is 0. The number of rotatable bonds is 5. The molecule has 6 nitrogen and oxygen atoms in total. The molecule has 0 aliphatic carbocycles. The Balaban J connectivity index is 2.04. The highest BCUT2D eigenvalue weighted by Gasteiger charge is 2.12. The molecule has 0 bridgehead atoms. The van der Waals surface area contributed by atoms with Gasteiger partial charge in [-0.25, -0.2) is 0 Å². The molecular weight excluding hydrogens is 302 g/mol. The minimum absolute atomic E-state index is 0.0332. The Labute approximate surface area is 133 Å². The van der Waals surface area contributed by atoms with Gasteiger partial charge in [0, 0.05) is 18.7 Å². The lowest BCUT2D eigenvalue weighted by molar-refractivity contribution is -0.384. The third-order valence-electron chi connectivity index (χ3n) is 2.94. The SMILES string of the molecule is COc1ccc([N+](=O)[O-])cc1NC(=S)NCc1ccccc1. The van der Waals surface area contributed by atoms with Crippen molar-refractivity contribution < 1.29 is 9.66 Å². The van der Waals surface area contributed by atoms with Gasteiger partial charge in [0.2, 0.25) is 0 Å². The van der Waals surface area contributed by atoms with Crippen LogP contribution in [0.15, 0.2) is 48.5 Å². The second-order valence-corrected chi connectivity index (χ2v) is 4.84. The van der Waals surface area contributed by atoms with Crippen LogP contribution in [-0.2, 0) is 6.54 Å². The Bertz CT molecular complexity index is 677. The van der Waals surface area contributed by atoms with Gasteiger partial charge in [-0.3, -0.25) is 10.1 Å². The molecule has 0 radical (unpaired) electrons. The van der Waals surface area contributed by atoms with Crippen molar-refractivity contribution in [3.05, 3.63) is 64.2 Å². The fourth-order valence-corrected chi connectivity index (χ4v) is 2.03. The highest BCUT2D eigenvalue weighted by Crippen LogP contribution is 2.28. The third kappa shape index (κ3) is 4.16. The number of nitrogens with one attached hydrogen (secondary N) is 2. The van der Waals surface area contributed by atoms with Crippen LogP contribution in [0, 0.1) is 10.1 Å². The second kappa shape index (κ2) is 7.37. The molecule has 0 aliphatic heterocycles. The molecule has 2 rings (SSSR count). The van der Waals surface area contributed by atoms with Crippen LogP contribution < -0.4 is 15.4 Å². The van der Waals surface area contributed by atoms with E-state index in [0.29, 0.717) is 23.1 Å². The van der Waals surface area contributed by atoms with E-state index in [1.165, 1.54) is 25.3 Å². The molecule has 0 unspecified atom stereocenters. The van der Waals surface area contributed by atoms with Crippen LogP contribution in [0.4, 0.5) is 11.4 Å². The summed E-state index contributed by atoms with van der Waals surface area (Å²) in [4.78, 5) is 10.4. The highest BCUT2D eigenvalue weighted by molar-refractivity contribution is 7.80. The number of methoxy groups -OCH3 is 1. The Morgan fingerprint density at radius 3 is 2.64 bits per heavy atom. The molecule has 0 aliphatic rings. The van der Waals surface area contributed by atoms with E-state index in [2.05, 4.69) is 10.6 Å². The smallest absolute Gasteiger partial charge is 0.271 e. The number of thiocarbonyl (C=S) groups is 1. The number of benzene rings is 2. The molecule has 0 amide bonds. The molecule has 0 saturated heterocycles. The second-order valence-electron chi connectivity index (χ2n) is 4.43. The fourth-order valence-electron chi connectivity index (χ4n) is 1.85. The number of hydrogen-bond acceptors (Lipinski definition) is 4. The van der Waals surface area contributed by atoms with Gasteiger partial charge in [0.25, 0.3) is 5.69 Å². The lowest BCUT2D eigenvalue weighted by Gasteiger charge is -2.13. The molecule has 22 heavy (non-hydrogen) atoms. The van der Waals surface area contributed by atoms with E-state index in [-0.39, 0.29) is 5.69 Å². The van der Waals surface area contributed by atoms with Crippen LogP contribution in [0.1, 0.15) is 5.56 Å². The third-order valence-corrected chi connectivity index (χ3v) is 3.18. The zero-order valence-corrected chi connectivity index (χ0v) is 12.7. The molecule has 0 spiro atoms. The summed E-state index contributed by atoms with van der Waals surface area (Å²) >= 11 is 5.20. The minimum Gasteiger partial charge on any atom is -0.495 e. The Hall–Kier alpha value is -2.67. The Morgan fingerprint density at radius 1 is 1.27 bits per heavy atom. The summed E-state index contributed by atoms with van der Waals surface area (Å²) in [6, 6.07) is 14.1. The van der Waals surface area contributed by atoms with Gasteiger partial charge in [-0.15, -0.1) is 0 Å². The van der Waals surface area contributed by atoms with Crippen molar-refractivity contribution in [3.8, 4) is 5.75 Å². The maximum atomic E-state index is 10.8. The van der Waals surface area contributed by atoms with Crippen LogP contribution in [0.5, 0.6) is 5.75 Å². The quantitative estimate of drug-likeness (QED) is 0.501. The zero-order chi connectivity index (χ0) is 15.9. The normalized spacial score (nSPS) is 9.86. The topological polar surface area (TPSA) is 76.4 Å². The van der Waals surface area contributed by atoms with E-state index in [1.54, 1.807) is 0 Å². The zero-order valence-electron chi connectivity index (χ0n) is 11.9. The first-order chi connectivity index (χ1) is 10.6. The lowest BCUT2D eigenvalue weighted by atomic mass is 10.2. The molecule has 7 heteroatoms. The number of anilines is 1. The molecular formula is C15H15N3O3S. The predicted octanol–water partition coefficient (Wildman–Crippen LogP) is 3.09. The maximum absolute atomic E-state index is 10.8. The van der Waals surface area contributed by atoms with Crippen LogP contribution in [0.2, 0.25) is 0 Å². The van der Waals surface area contributed by atoms with Gasteiger partial charge in [0.1, 0.15) is 5.75 Å². The van der Waals surface area contributed by atoms with Gasteiger partial charge >= 0.3 is 0 Å². The number of non-ortho nitro benzene ring substituents is 1. The van der Waals surface area contributed by atoms with Gasteiger partial charge in [0.05, 0.1) is 17.7 Å². The van der Waals surface area contributed by atoms with E-state index in [1.807, 2.05) is 30.3 Å². The van der Waals surface area contributed by atoms with Gasteiger partial charge < -0.3 is 15.4 Å². The molecule has 0 fully saturated rings. The van der Waals surface area contributed by atoms with E-state index < -0.39 is 4.92 Å². The first-order valence-electron chi connectivity index (χ1n) is 6.51. The average molecular weight is 317 g/mol. The Morgan fingerprint density at radius 2 is 2.00 bits per heavy atom. The van der Waals surface area contributed by atoms with Crippen molar-refractivity contribution in [1.82, 2.24) is 5.32 Å². The number of nitro benzene ring substituents is 1. The Kier molecular flexibility index (Phi) is 5.26. The van der Waals surface area contributed by atoms with Crippen molar-refractivity contribution >= 4 is 28.7 Å². The molecule has 2 aromatic rings. The first kappa shape index (κ1) is 15.7. The molecule has 2 N–H and O–H groups in total. The van der Waals surface area contributed by atoms with Crippen LogP contribution in [0.3, 0.4) is 0 Å². The maximum Gasteiger partial charge on any atom is 0.271 e. The van der Waals surface area contributed by atoms with Crippen LogP contribution in [-0.4, -0.2) is 17.1 Å². The minimum atomic E-state index is -0.467. The number of nitro groups is 1. The van der Waals surface area contributed by atoms with Crippen molar-refractivity contribution in [1.29, 1.82) is 0 Å². The summed E-state index contributed by atoms with van der Waals surface area (Å²) in [5.74, 6) is 0.481. The highest BCUT2D eigenvalue weighted by atomic mass is 32.1. The van der Waals surface area contributed by atoms with Gasteiger partial charge in [0.15, 0.2) is 5.11 Å². The predicted molar refractivity (Wildman–Crippen MR) is 89.2 cm³/mol. The summed E-state index contributed by atoms with van der Waals surface area (Å²) in [6.45, 7) is 0.559. The summed E-state index contributed by atoms with van der Waals surface area (Å²) in [5, 5.41) is 17.2. The average Bonchev–Trinajstić information content (AvgIpc) is 2.53. The van der Waals surface area contributed by atoms with Crippen molar-refractivity contribution in [2.45, 2.75) is 6.54 Å². The van der Waals surface area contributed by atoms with Crippen molar-refractivity contribution in [2.75, 3.05) is 12.4 Å². The van der Waals surface area contributed by atoms with Gasteiger partial charge in [-0.05, 0) is 23.8 Å². The first-order valence-corrected chi connectivity index (χ1v) is 6.92. The molecule has 114 valence electrons. The molecule has 0 aromatic heterocycles. The van der Waals surface area contributed by atoms with E-state index in [4.69, 9.17) is 17.0 Å². The molecule has 0 saturated carbocycles. The number of nitrogens with zero attached hydrogens (tertiary/aromatic N) is 1. The van der Waals surface area contributed by atoms with Gasteiger partial charge in [-0.1, -0.05) is 30.3 Å². The largest absolute Gasteiger partial charge is 0.495 e. The lowest BCUT2D eigenvalue weighted by Crippen LogP contribution is -2.28. The molecule has 0 heterocycles. The van der Waals surface area contributed by atoms with Crippen LogP contribution in [0.25, 0.3) is 0 Å². The number of hydrogen-bond donors (Lipinski definition) is 2. The molecule has 0 atom stereocenters. The van der Waals surface area contributed by atoms with E-state index in [0.717, 1.165) is 5.56 Å². The van der Waals surface area contributed by atoms with Gasteiger partial charge in [-0.2, -0.15) is 0 Å². The van der Waals surface area contributed by atoms with Crippen molar-refractivity contribution in [2.24, 2.45) is 0 Å². The van der Waals surface area contributed by atoms with Crippen molar-refractivity contribution in [3.63, 3.8) is 0 Å².